The largest absolute Gasteiger partial charge is 0.452 e. The lowest BCUT2D eigenvalue weighted by molar-refractivity contribution is -0.271. The number of aliphatic hydroxyl groups excluding tert-OH is 1. The molecule has 3 aromatic rings. The highest BCUT2D eigenvalue weighted by Gasteiger charge is 2.51. The fourth-order valence-electron chi connectivity index (χ4n) is 3.82. The molecule has 1 saturated heterocycles. The first kappa shape index (κ1) is 26.5. The van der Waals surface area contributed by atoms with Crippen LogP contribution in [0.4, 0.5) is 0 Å². The van der Waals surface area contributed by atoms with Crippen molar-refractivity contribution in [3.8, 4) is 0 Å². The summed E-state index contributed by atoms with van der Waals surface area (Å²) in [7, 11) is -4.36. The molecule has 0 aromatic heterocycles. The van der Waals surface area contributed by atoms with Crippen molar-refractivity contribution in [2.24, 2.45) is 0 Å². The highest BCUT2D eigenvalue weighted by Crippen LogP contribution is 2.31. The lowest BCUT2D eigenvalue weighted by Gasteiger charge is -2.42. The number of ether oxygens (including phenoxy) is 3. The Morgan fingerprint density at radius 3 is 1.76 bits per heavy atom. The number of rotatable bonds is 7. The van der Waals surface area contributed by atoms with Gasteiger partial charge in [-0.3, -0.25) is 4.18 Å². The molecular weight excluding hydrogens is 500 g/mol. The zero-order chi connectivity index (χ0) is 26.6. The third-order valence-electron chi connectivity index (χ3n) is 5.80. The normalized spacial score (nSPS) is 23.7. The van der Waals surface area contributed by atoms with Crippen LogP contribution in [-0.2, 0) is 28.5 Å². The lowest BCUT2D eigenvalue weighted by atomic mass is 9.99. The van der Waals surface area contributed by atoms with Gasteiger partial charge in [-0.1, -0.05) is 54.1 Å². The predicted molar refractivity (Wildman–Crippen MR) is 131 cm³/mol. The van der Waals surface area contributed by atoms with Crippen LogP contribution < -0.4 is 0 Å². The molecule has 0 radical (unpaired) electrons. The number of carbonyl (C=O) groups excluding carboxylic acids is 2. The second kappa shape index (κ2) is 11.2. The molecule has 4 rings (SSSR count). The fourth-order valence-corrected chi connectivity index (χ4v) is 4.96. The van der Waals surface area contributed by atoms with Crippen molar-refractivity contribution >= 4 is 22.1 Å². The average molecular weight is 527 g/mol. The molecule has 10 heteroatoms. The summed E-state index contributed by atoms with van der Waals surface area (Å²) in [5.41, 5.74) is 1.19. The number of hydrogen-bond donors (Lipinski definition) is 1. The van der Waals surface area contributed by atoms with Crippen molar-refractivity contribution < 1.29 is 41.5 Å². The molecule has 0 amide bonds. The second-order valence-electron chi connectivity index (χ2n) is 8.53. The van der Waals surface area contributed by atoms with Gasteiger partial charge in [-0.15, -0.1) is 0 Å². The van der Waals surface area contributed by atoms with Crippen LogP contribution in [0.25, 0.3) is 0 Å². The van der Waals surface area contributed by atoms with Crippen molar-refractivity contribution in [1.82, 2.24) is 0 Å². The molecule has 194 valence electrons. The van der Waals surface area contributed by atoms with Gasteiger partial charge >= 0.3 is 11.9 Å². The van der Waals surface area contributed by atoms with E-state index in [1.54, 1.807) is 55.5 Å². The van der Waals surface area contributed by atoms with Crippen LogP contribution in [0.15, 0.2) is 89.8 Å². The molecule has 0 saturated carbocycles. The molecule has 1 aliphatic heterocycles. The van der Waals surface area contributed by atoms with Crippen LogP contribution in [0.2, 0.25) is 0 Å². The molecule has 0 aliphatic carbocycles. The van der Waals surface area contributed by atoms with E-state index in [0.29, 0.717) is 0 Å². The van der Waals surface area contributed by atoms with E-state index in [9.17, 15) is 23.1 Å². The third kappa shape index (κ3) is 6.23. The summed E-state index contributed by atoms with van der Waals surface area (Å²) in [5.74, 6) is -1.65. The van der Waals surface area contributed by atoms with E-state index in [4.69, 9.17) is 18.4 Å². The molecule has 37 heavy (non-hydrogen) atoms. The Balaban J connectivity index is 1.67. The summed E-state index contributed by atoms with van der Waals surface area (Å²) in [4.78, 5) is 25.6. The lowest BCUT2D eigenvalue weighted by Crippen LogP contribution is -2.60. The predicted octanol–water partition coefficient (Wildman–Crippen LogP) is 3.26. The van der Waals surface area contributed by atoms with Gasteiger partial charge in [0.15, 0.2) is 18.5 Å². The van der Waals surface area contributed by atoms with E-state index in [2.05, 4.69) is 0 Å². The summed E-state index contributed by atoms with van der Waals surface area (Å²) in [6, 6.07) is 21.9. The molecule has 1 fully saturated rings. The summed E-state index contributed by atoms with van der Waals surface area (Å²) >= 11 is 0. The minimum Gasteiger partial charge on any atom is -0.452 e. The van der Waals surface area contributed by atoms with Gasteiger partial charge in [0.2, 0.25) is 0 Å². The van der Waals surface area contributed by atoms with Crippen LogP contribution in [-0.4, -0.2) is 56.2 Å². The molecule has 1 aliphatic rings. The molecule has 0 bridgehead atoms. The quantitative estimate of drug-likeness (QED) is 0.365. The minimum absolute atomic E-state index is 0.123. The first-order chi connectivity index (χ1) is 17.7. The van der Waals surface area contributed by atoms with Crippen molar-refractivity contribution in [3.63, 3.8) is 0 Å². The summed E-state index contributed by atoms with van der Waals surface area (Å²) < 4.78 is 48.3. The Hall–Kier alpha value is -3.57. The summed E-state index contributed by atoms with van der Waals surface area (Å²) in [6.45, 7) is 3.26. The van der Waals surface area contributed by atoms with Gasteiger partial charge in [0, 0.05) is 0 Å². The Bertz CT molecular complexity index is 1330. The number of aliphatic hydroxyl groups is 1. The number of carbonyl (C=O) groups is 2. The number of hydrogen-bond acceptors (Lipinski definition) is 9. The fraction of sp³-hybridized carbons (Fsp3) is 0.259. The van der Waals surface area contributed by atoms with E-state index in [-0.39, 0.29) is 16.0 Å². The maximum Gasteiger partial charge on any atom is 0.338 e. The monoisotopic (exact) mass is 526 g/mol. The smallest absolute Gasteiger partial charge is 0.338 e. The molecule has 1 N–H and O–H groups in total. The Morgan fingerprint density at radius 2 is 1.24 bits per heavy atom. The van der Waals surface area contributed by atoms with Crippen molar-refractivity contribution in [2.75, 3.05) is 0 Å². The summed E-state index contributed by atoms with van der Waals surface area (Å²) in [5, 5.41) is 10.7. The number of esters is 2. The van der Waals surface area contributed by atoms with Crippen LogP contribution in [0.5, 0.6) is 0 Å². The van der Waals surface area contributed by atoms with Crippen LogP contribution in [0, 0.1) is 6.92 Å². The van der Waals surface area contributed by atoms with Gasteiger partial charge in [-0.05, 0) is 50.2 Å². The highest BCUT2D eigenvalue weighted by molar-refractivity contribution is 7.86. The number of aryl methyl sites for hydroxylation is 1. The van der Waals surface area contributed by atoms with Gasteiger partial charge in [-0.2, -0.15) is 8.42 Å². The second-order valence-corrected chi connectivity index (χ2v) is 10.1. The van der Waals surface area contributed by atoms with Gasteiger partial charge in [0.25, 0.3) is 10.1 Å². The van der Waals surface area contributed by atoms with E-state index in [1.165, 1.54) is 43.3 Å². The van der Waals surface area contributed by atoms with Gasteiger partial charge in [-0.25, -0.2) is 9.59 Å². The molecule has 9 nitrogen and oxygen atoms in total. The Morgan fingerprint density at radius 1 is 0.757 bits per heavy atom. The molecule has 5 atom stereocenters. The standard InChI is InChI=1S/C27H26O9S/c1-17-13-15-21(16-14-17)37(31,32)36-22-18(2)33-27(30)24(35-26(29)20-11-7-4-8-12-20)23(22)34-25(28)19-9-5-3-6-10-19/h3-16,18,22-24,27,30H,1-2H3/t18-,22-,23+,24+,27+/m1/s1. The van der Waals surface area contributed by atoms with E-state index in [1.807, 2.05) is 0 Å². The molecule has 0 unspecified atom stereocenters. The first-order valence-corrected chi connectivity index (χ1v) is 12.9. The Labute approximate surface area is 214 Å². The van der Waals surface area contributed by atoms with Crippen LogP contribution in [0.3, 0.4) is 0 Å². The van der Waals surface area contributed by atoms with Crippen molar-refractivity contribution in [1.29, 1.82) is 0 Å². The van der Waals surface area contributed by atoms with Crippen LogP contribution >= 0.6 is 0 Å². The maximum atomic E-state index is 13.1. The van der Waals surface area contributed by atoms with Gasteiger partial charge < -0.3 is 19.3 Å². The van der Waals surface area contributed by atoms with Crippen LogP contribution in [0.1, 0.15) is 33.2 Å². The zero-order valence-corrected chi connectivity index (χ0v) is 20.9. The summed E-state index contributed by atoms with van der Waals surface area (Å²) in [6.07, 6.45) is -7.35. The maximum absolute atomic E-state index is 13.1. The zero-order valence-electron chi connectivity index (χ0n) is 20.1. The SMILES string of the molecule is Cc1ccc(S(=O)(=O)O[C@H]2[C@H](OC(=O)c3ccccc3)[C@H](OC(=O)c3ccccc3)[C@@H](O)O[C@@H]2C)cc1. The third-order valence-corrected chi connectivity index (χ3v) is 7.12. The van der Waals surface area contributed by atoms with Gasteiger partial charge in [0.1, 0.15) is 6.10 Å². The topological polar surface area (TPSA) is 125 Å². The van der Waals surface area contributed by atoms with Crippen molar-refractivity contribution in [2.45, 2.75) is 49.4 Å². The van der Waals surface area contributed by atoms with Crippen molar-refractivity contribution in [3.05, 3.63) is 102 Å². The average Bonchev–Trinajstić information content (AvgIpc) is 2.89. The Kier molecular flexibility index (Phi) is 8.03. The molecular formula is C27H26O9S. The molecule has 1 heterocycles. The minimum atomic E-state index is -4.36. The van der Waals surface area contributed by atoms with E-state index >= 15 is 0 Å². The number of benzene rings is 3. The first-order valence-electron chi connectivity index (χ1n) is 11.5. The van der Waals surface area contributed by atoms with Gasteiger partial charge in [0.05, 0.1) is 22.1 Å². The molecule has 0 spiro atoms. The molecule has 3 aromatic carbocycles. The van der Waals surface area contributed by atoms with E-state index in [0.717, 1.165) is 5.56 Å². The highest BCUT2D eigenvalue weighted by atomic mass is 32.2. The van der Waals surface area contributed by atoms with E-state index < -0.39 is 52.8 Å².